The van der Waals surface area contributed by atoms with Crippen molar-refractivity contribution in [2.45, 2.75) is 32.9 Å². The summed E-state index contributed by atoms with van der Waals surface area (Å²) < 4.78 is 10.4. The molecule has 3 heterocycles. The van der Waals surface area contributed by atoms with E-state index >= 15 is 0 Å². The molecule has 1 fully saturated rings. The predicted molar refractivity (Wildman–Crippen MR) is 77.8 cm³/mol. The highest BCUT2D eigenvalue weighted by Crippen LogP contribution is 2.26. The van der Waals surface area contributed by atoms with Gasteiger partial charge in [-0.05, 0) is 19.4 Å². The number of carbonyl (C=O) groups excluding carboxylic acids is 1. The first kappa shape index (κ1) is 14.8. The van der Waals surface area contributed by atoms with E-state index in [1.165, 1.54) is 0 Å². The summed E-state index contributed by atoms with van der Waals surface area (Å²) >= 11 is 0. The van der Waals surface area contributed by atoms with Gasteiger partial charge in [-0.1, -0.05) is 5.16 Å². The Morgan fingerprint density at radius 2 is 2.27 bits per heavy atom. The van der Waals surface area contributed by atoms with E-state index in [9.17, 15) is 4.79 Å². The highest BCUT2D eigenvalue weighted by atomic mass is 16.5. The minimum Gasteiger partial charge on any atom is -0.472 e. The lowest BCUT2D eigenvalue weighted by molar-refractivity contribution is -0.131. The predicted octanol–water partition coefficient (Wildman–Crippen LogP) is 1.77. The van der Waals surface area contributed by atoms with Crippen LogP contribution in [0.1, 0.15) is 36.7 Å². The number of rotatable bonds is 3. The van der Waals surface area contributed by atoms with Crippen molar-refractivity contribution < 1.29 is 13.7 Å². The molecule has 1 atom stereocenters. The first-order chi connectivity index (χ1) is 10.6. The van der Waals surface area contributed by atoms with Crippen molar-refractivity contribution in [3.05, 3.63) is 35.9 Å². The average molecular weight is 304 g/mol. The van der Waals surface area contributed by atoms with Crippen molar-refractivity contribution >= 4 is 5.91 Å². The maximum absolute atomic E-state index is 12.0. The van der Waals surface area contributed by atoms with Crippen LogP contribution in [0, 0.1) is 6.92 Å². The molecule has 0 bridgehead atoms. The molecule has 1 unspecified atom stereocenters. The molecule has 22 heavy (non-hydrogen) atoms. The first-order valence-corrected chi connectivity index (χ1v) is 7.44. The number of carbonyl (C=O) groups is 1. The molecule has 2 aromatic heterocycles. The largest absolute Gasteiger partial charge is 0.472 e. The van der Waals surface area contributed by atoms with E-state index in [2.05, 4.69) is 15.0 Å². The number of aromatic nitrogens is 2. The van der Waals surface area contributed by atoms with Crippen molar-refractivity contribution in [2.75, 3.05) is 19.6 Å². The maximum Gasteiger partial charge on any atom is 0.249 e. The second-order valence-corrected chi connectivity index (χ2v) is 5.60. The molecule has 1 aliphatic rings. The van der Waals surface area contributed by atoms with E-state index in [1.54, 1.807) is 26.4 Å². The minimum absolute atomic E-state index is 0.0333. The van der Waals surface area contributed by atoms with Crippen molar-refractivity contribution in [2.24, 2.45) is 0 Å². The van der Waals surface area contributed by atoms with E-state index in [4.69, 9.17) is 8.94 Å². The second-order valence-electron chi connectivity index (χ2n) is 5.60. The smallest absolute Gasteiger partial charge is 0.249 e. The second kappa shape index (κ2) is 6.31. The molecule has 2 aromatic rings. The molecule has 1 saturated heterocycles. The summed E-state index contributed by atoms with van der Waals surface area (Å²) in [4.78, 5) is 20.4. The molecule has 1 aliphatic heterocycles. The summed E-state index contributed by atoms with van der Waals surface area (Å²) in [5, 5.41) is 3.85. The number of aryl methyl sites for hydroxylation is 1. The normalized spacial score (nSPS) is 20.1. The summed E-state index contributed by atoms with van der Waals surface area (Å²) in [6, 6.07) is 1.82. The summed E-state index contributed by atoms with van der Waals surface area (Å²) in [5.74, 6) is 1.15. The van der Waals surface area contributed by atoms with Crippen LogP contribution in [0.5, 0.6) is 0 Å². The minimum atomic E-state index is -0.145. The lowest BCUT2D eigenvalue weighted by atomic mass is 10.1. The van der Waals surface area contributed by atoms with Crippen LogP contribution >= 0.6 is 0 Å². The Morgan fingerprint density at radius 1 is 1.41 bits per heavy atom. The Labute approximate surface area is 128 Å². The zero-order valence-electron chi connectivity index (χ0n) is 12.9. The van der Waals surface area contributed by atoms with Crippen LogP contribution in [-0.4, -0.2) is 45.5 Å². The molecule has 0 aliphatic carbocycles. The van der Waals surface area contributed by atoms with Crippen LogP contribution in [0.4, 0.5) is 0 Å². The SMILES string of the molecule is CC(=O)N1CCN(Cc2ccoc2)CCC1c1nc(C)no1. The number of hydrogen-bond donors (Lipinski definition) is 0. The number of hydrogen-bond acceptors (Lipinski definition) is 6. The van der Waals surface area contributed by atoms with Crippen LogP contribution in [0.2, 0.25) is 0 Å². The molecule has 0 N–H and O–H groups in total. The fourth-order valence-electron chi connectivity index (χ4n) is 2.86. The van der Waals surface area contributed by atoms with Crippen LogP contribution in [0.25, 0.3) is 0 Å². The fourth-order valence-corrected chi connectivity index (χ4v) is 2.86. The van der Waals surface area contributed by atoms with Gasteiger partial charge in [0.2, 0.25) is 11.8 Å². The molecule has 0 aromatic carbocycles. The quantitative estimate of drug-likeness (QED) is 0.860. The zero-order valence-corrected chi connectivity index (χ0v) is 12.9. The molecule has 1 amide bonds. The zero-order chi connectivity index (χ0) is 15.5. The molecule has 0 saturated carbocycles. The Balaban J connectivity index is 1.74. The van der Waals surface area contributed by atoms with E-state index in [-0.39, 0.29) is 11.9 Å². The lowest BCUT2D eigenvalue weighted by Gasteiger charge is -2.25. The number of nitrogens with zero attached hydrogens (tertiary/aromatic N) is 4. The topological polar surface area (TPSA) is 75.6 Å². The first-order valence-electron chi connectivity index (χ1n) is 7.44. The van der Waals surface area contributed by atoms with Gasteiger partial charge in [-0.3, -0.25) is 9.69 Å². The van der Waals surface area contributed by atoms with Gasteiger partial charge < -0.3 is 13.8 Å². The van der Waals surface area contributed by atoms with Gasteiger partial charge >= 0.3 is 0 Å². The van der Waals surface area contributed by atoms with Crippen molar-refractivity contribution in [3.63, 3.8) is 0 Å². The Bertz CT molecular complexity index is 623. The van der Waals surface area contributed by atoms with Crippen LogP contribution in [0.3, 0.4) is 0 Å². The summed E-state index contributed by atoms with van der Waals surface area (Å²) in [6.45, 7) is 6.52. The third-order valence-corrected chi connectivity index (χ3v) is 3.97. The Morgan fingerprint density at radius 3 is 2.91 bits per heavy atom. The van der Waals surface area contributed by atoms with Crippen LogP contribution < -0.4 is 0 Å². The Hall–Kier alpha value is -2.15. The van der Waals surface area contributed by atoms with Crippen molar-refractivity contribution in [3.8, 4) is 0 Å². The summed E-state index contributed by atoms with van der Waals surface area (Å²) in [5.41, 5.74) is 1.14. The van der Waals surface area contributed by atoms with Gasteiger partial charge in [-0.2, -0.15) is 4.98 Å². The van der Waals surface area contributed by atoms with E-state index in [0.29, 0.717) is 18.3 Å². The van der Waals surface area contributed by atoms with Gasteiger partial charge in [0.1, 0.15) is 6.04 Å². The van der Waals surface area contributed by atoms with Gasteiger partial charge in [0.05, 0.1) is 12.5 Å². The number of amides is 1. The third kappa shape index (κ3) is 3.19. The fraction of sp³-hybridized carbons (Fsp3) is 0.533. The van der Waals surface area contributed by atoms with E-state index < -0.39 is 0 Å². The van der Waals surface area contributed by atoms with Gasteiger partial charge in [0, 0.05) is 38.7 Å². The summed E-state index contributed by atoms with van der Waals surface area (Å²) in [6.07, 6.45) is 4.21. The third-order valence-electron chi connectivity index (χ3n) is 3.97. The lowest BCUT2D eigenvalue weighted by Crippen LogP contribution is -2.35. The van der Waals surface area contributed by atoms with Gasteiger partial charge in [0.25, 0.3) is 0 Å². The molecule has 3 rings (SSSR count). The van der Waals surface area contributed by atoms with Crippen molar-refractivity contribution in [1.82, 2.24) is 19.9 Å². The molecule has 7 nitrogen and oxygen atoms in total. The average Bonchev–Trinajstić information content (AvgIpc) is 3.08. The molecule has 7 heteroatoms. The molecule has 0 radical (unpaired) electrons. The van der Waals surface area contributed by atoms with Gasteiger partial charge in [-0.15, -0.1) is 0 Å². The highest BCUT2D eigenvalue weighted by molar-refractivity contribution is 5.73. The standard InChI is InChI=1S/C15H20N4O3/c1-11-16-15(22-17-11)14-3-5-18(6-7-19(14)12(2)20)9-13-4-8-21-10-13/h4,8,10,14H,3,5-7,9H2,1-2H3. The maximum atomic E-state index is 12.0. The molecule has 0 spiro atoms. The van der Waals surface area contributed by atoms with Crippen molar-refractivity contribution in [1.29, 1.82) is 0 Å². The van der Waals surface area contributed by atoms with E-state index in [1.807, 2.05) is 11.0 Å². The number of furan rings is 1. The molecular weight excluding hydrogens is 284 g/mol. The van der Waals surface area contributed by atoms with Gasteiger partial charge in [-0.25, -0.2) is 0 Å². The highest BCUT2D eigenvalue weighted by Gasteiger charge is 2.31. The molecule has 118 valence electrons. The monoisotopic (exact) mass is 304 g/mol. The summed E-state index contributed by atoms with van der Waals surface area (Å²) in [7, 11) is 0. The van der Waals surface area contributed by atoms with Crippen LogP contribution in [-0.2, 0) is 11.3 Å². The van der Waals surface area contributed by atoms with E-state index in [0.717, 1.165) is 31.6 Å². The Kier molecular flexibility index (Phi) is 4.24. The van der Waals surface area contributed by atoms with Crippen LogP contribution in [0.15, 0.2) is 27.5 Å². The molecular formula is C15H20N4O3. The van der Waals surface area contributed by atoms with Gasteiger partial charge in [0.15, 0.2) is 5.82 Å².